The lowest BCUT2D eigenvalue weighted by Crippen LogP contribution is -2.53. The van der Waals surface area contributed by atoms with E-state index in [1.54, 1.807) is 36.4 Å². The molecule has 3 aliphatic heterocycles. The van der Waals surface area contributed by atoms with Crippen LogP contribution in [0, 0.1) is 11.7 Å². The van der Waals surface area contributed by atoms with Gasteiger partial charge in [-0.3, -0.25) is 9.69 Å². The first-order valence-electron chi connectivity index (χ1n) is 15.0. The molecule has 0 unspecified atom stereocenters. The summed E-state index contributed by atoms with van der Waals surface area (Å²) < 4.78 is 18.4. The van der Waals surface area contributed by atoms with E-state index < -0.39 is 23.6 Å². The van der Waals surface area contributed by atoms with Crippen molar-refractivity contribution in [1.29, 1.82) is 0 Å². The zero-order chi connectivity index (χ0) is 29.6. The number of aliphatic hydroxyl groups excluding tert-OH is 1. The number of rotatable bonds is 4. The van der Waals surface area contributed by atoms with E-state index in [2.05, 4.69) is 14.8 Å². The molecule has 7 nitrogen and oxygen atoms in total. The molecule has 2 fully saturated rings. The molecular weight excluding hydrogens is 590 g/mol. The lowest BCUT2D eigenvalue weighted by molar-refractivity contribution is -0.128. The van der Waals surface area contributed by atoms with Gasteiger partial charge in [-0.15, -0.1) is 0 Å². The van der Waals surface area contributed by atoms with Gasteiger partial charge in [-0.1, -0.05) is 60.3 Å². The summed E-state index contributed by atoms with van der Waals surface area (Å²) in [5, 5.41) is 23.3. The average molecular weight is 622 g/mol. The van der Waals surface area contributed by atoms with Crippen LogP contribution in [-0.4, -0.2) is 43.2 Å². The van der Waals surface area contributed by atoms with Crippen molar-refractivity contribution in [3.63, 3.8) is 0 Å². The number of aromatic nitrogens is 2. The van der Waals surface area contributed by atoms with Crippen molar-refractivity contribution >= 4 is 45.8 Å². The van der Waals surface area contributed by atoms with Crippen LogP contribution in [-0.2, 0) is 16.9 Å². The molecule has 1 amide bonds. The van der Waals surface area contributed by atoms with Crippen molar-refractivity contribution in [2.75, 3.05) is 11.9 Å². The van der Waals surface area contributed by atoms with Crippen LogP contribution in [0.3, 0.4) is 0 Å². The van der Waals surface area contributed by atoms with Crippen LogP contribution in [0.15, 0.2) is 54.6 Å². The highest BCUT2D eigenvalue weighted by Crippen LogP contribution is 2.64. The van der Waals surface area contributed by atoms with E-state index in [9.17, 15) is 15.0 Å². The number of hydrogen-bond donors (Lipinski definition) is 3. The number of halogens is 3. The second-order valence-electron chi connectivity index (χ2n) is 12.5. The van der Waals surface area contributed by atoms with Crippen LogP contribution in [0.1, 0.15) is 72.7 Å². The minimum absolute atomic E-state index is 0.0130. The lowest BCUT2D eigenvalue weighted by Gasteiger charge is -2.41. The highest BCUT2D eigenvalue weighted by molar-refractivity contribution is 6.31. The Morgan fingerprint density at radius 3 is 2.67 bits per heavy atom. The Morgan fingerprint density at radius 2 is 1.88 bits per heavy atom. The van der Waals surface area contributed by atoms with Gasteiger partial charge in [0.15, 0.2) is 6.29 Å². The molecule has 1 spiro atoms. The number of anilines is 1. The minimum Gasteiger partial charge on any atom is -0.364 e. The minimum atomic E-state index is -1.62. The Labute approximate surface area is 258 Å². The van der Waals surface area contributed by atoms with Gasteiger partial charge in [0.05, 0.1) is 16.1 Å². The molecule has 0 bridgehead atoms. The number of amides is 1. The molecule has 4 aliphatic rings. The molecule has 1 saturated heterocycles. The van der Waals surface area contributed by atoms with Crippen molar-refractivity contribution in [2.24, 2.45) is 5.92 Å². The predicted octanol–water partition coefficient (Wildman–Crippen LogP) is 6.46. The standard InChI is InChI=1S/C33H31Cl2FN4O3/c34-19-9-10-21-23(15-19)38-32(43)33(21)28(20-6-3-7-22(35)29(20)36)27-26(40(33)16-17-4-1-2-5-17)12-13-39-25-11-8-18(31(41)42)14-24(25)37-30(27)39/h3,6-11,14-15,17,26-28,31,41-42H,1-2,4-5,12-13,16H2,(H,38,43)/t26-,27+,28-,33+/m0/s1. The van der Waals surface area contributed by atoms with Crippen molar-refractivity contribution in [1.82, 2.24) is 14.5 Å². The van der Waals surface area contributed by atoms with Crippen molar-refractivity contribution in [3.05, 3.63) is 93.0 Å². The number of benzene rings is 3. The molecule has 1 aliphatic carbocycles. The number of fused-ring (bicyclic) bond motifs is 7. The quantitative estimate of drug-likeness (QED) is 0.228. The van der Waals surface area contributed by atoms with E-state index >= 15 is 4.39 Å². The normalized spacial score (nSPS) is 26.8. The third-order valence-electron chi connectivity index (χ3n) is 10.4. The SMILES string of the molecule is O=C1Nc2cc(Cl)ccc2[C@@]12[C@@H](c1cccc(Cl)c1F)[C@@H]1c3nc4cc(C(O)O)ccc4n3CC[C@@H]1N2CC1CCCC1. The molecule has 4 heterocycles. The first-order valence-corrected chi connectivity index (χ1v) is 15.7. The third kappa shape index (κ3) is 3.90. The molecular formula is C33H31Cl2FN4O3. The number of aliphatic hydroxyl groups is 2. The molecule has 43 heavy (non-hydrogen) atoms. The summed E-state index contributed by atoms with van der Waals surface area (Å²) >= 11 is 12.8. The topological polar surface area (TPSA) is 90.6 Å². The Balaban J connectivity index is 1.42. The van der Waals surface area contributed by atoms with E-state index in [0.717, 1.165) is 42.7 Å². The second kappa shape index (κ2) is 10.0. The molecule has 3 aromatic carbocycles. The summed E-state index contributed by atoms with van der Waals surface area (Å²) in [5.74, 6) is -0.495. The summed E-state index contributed by atoms with van der Waals surface area (Å²) in [6.07, 6.45) is 3.65. The Hall–Kier alpha value is -3.01. The molecule has 1 aromatic heterocycles. The van der Waals surface area contributed by atoms with E-state index in [4.69, 9.17) is 28.2 Å². The molecule has 10 heteroatoms. The Bertz CT molecular complexity index is 1790. The predicted molar refractivity (Wildman–Crippen MR) is 163 cm³/mol. The number of carbonyl (C=O) groups excluding carboxylic acids is 1. The maximum atomic E-state index is 16.3. The number of likely N-dealkylation sites (tertiary alicyclic amines) is 1. The third-order valence-corrected chi connectivity index (χ3v) is 10.9. The number of nitrogens with zero attached hydrogens (tertiary/aromatic N) is 3. The fraction of sp³-hybridized carbons (Fsp3) is 0.394. The van der Waals surface area contributed by atoms with Gasteiger partial charge in [0.2, 0.25) is 5.91 Å². The maximum absolute atomic E-state index is 16.3. The van der Waals surface area contributed by atoms with Crippen molar-refractivity contribution in [3.8, 4) is 0 Å². The number of carbonyl (C=O) groups is 1. The monoisotopic (exact) mass is 620 g/mol. The van der Waals surface area contributed by atoms with Crippen LogP contribution in [0.2, 0.25) is 10.0 Å². The first-order chi connectivity index (χ1) is 20.8. The number of aryl methyl sites for hydroxylation is 1. The number of imidazole rings is 1. The van der Waals surface area contributed by atoms with E-state index in [1.165, 1.54) is 18.9 Å². The van der Waals surface area contributed by atoms with Crippen molar-refractivity contribution in [2.45, 2.75) is 68.4 Å². The summed E-state index contributed by atoms with van der Waals surface area (Å²) in [6.45, 7) is 1.39. The highest BCUT2D eigenvalue weighted by atomic mass is 35.5. The summed E-state index contributed by atoms with van der Waals surface area (Å²) in [6, 6.07) is 15.7. The summed E-state index contributed by atoms with van der Waals surface area (Å²) in [5.41, 5.74) is 2.49. The van der Waals surface area contributed by atoms with Crippen LogP contribution >= 0.6 is 23.2 Å². The molecule has 3 N–H and O–H groups in total. The van der Waals surface area contributed by atoms with Gasteiger partial charge in [0.1, 0.15) is 17.2 Å². The fourth-order valence-electron chi connectivity index (χ4n) is 8.67. The average Bonchev–Trinajstić information content (AvgIpc) is 3.75. The van der Waals surface area contributed by atoms with Crippen LogP contribution in [0.4, 0.5) is 10.1 Å². The molecule has 4 atom stereocenters. The van der Waals surface area contributed by atoms with Gasteiger partial charge in [-0.2, -0.15) is 0 Å². The number of hydrogen-bond acceptors (Lipinski definition) is 5. The van der Waals surface area contributed by atoms with Crippen LogP contribution in [0.25, 0.3) is 11.0 Å². The van der Waals surface area contributed by atoms with E-state index in [1.807, 2.05) is 12.1 Å². The van der Waals surface area contributed by atoms with E-state index in [-0.39, 0.29) is 22.9 Å². The lowest BCUT2D eigenvalue weighted by atomic mass is 9.70. The van der Waals surface area contributed by atoms with Gasteiger partial charge in [-0.05, 0) is 61.1 Å². The smallest absolute Gasteiger partial charge is 0.250 e. The summed E-state index contributed by atoms with van der Waals surface area (Å²) in [4.78, 5) is 22.1. The van der Waals surface area contributed by atoms with Gasteiger partial charge >= 0.3 is 0 Å². The van der Waals surface area contributed by atoms with Gasteiger partial charge < -0.3 is 20.1 Å². The number of nitrogens with one attached hydrogen (secondary N) is 1. The van der Waals surface area contributed by atoms with E-state index in [0.29, 0.717) is 39.8 Å². The maximum Gasteiger partial charge on any atom is 0.250 e. The van der Waals surface area contributed by atoms with Gasteiger partial charge in [-0.25, -0.2) is 9.37 Å². The zero-order valence-corrected chi connectivity index (χ0v) is 24.8. The Kier molecular flexibility index (Phi) is 6.41. The highest BCUT2D eigenvalue weighted by Gasteiger charge is 2.68. The fourth-order valence-corrected chi connectivity index (χ4v) is 9.02. The van der Waals surface area contributed by atoms with Crippen LogP contribution in [0.5, 0.6) is 0 Å². The molecule has 8 rings (SSSR count). The summed E-state index contributed by atoms with van der Waals surface area (Å²) in [7, 11) is 0. The molecule has 222 valence electrons. The van der Waals surface area contributed by atoms with Crippen LogP contribution < -0.4 is 5.32 Å². The molecule has 4 aromatic rings. The van der Waals surface area contributed by atoms with Gasteiger partial charge in [0, 0.05) is 52.8 Å². The largest absolute Gasteiger partial charge is 0.364 e. The van der Waals surface area contributed by atoms with Crippen molar-refractivity contribution < 1.29 is 19.4 Å². The second-order valence-corrected chi connectivity index (χ2v) is 13.3. The zero-order valence-electron chi connectivity index (χ0n) is 23.3. The van der Waals surface area contributed by atoms with Gasteiger partial charge in [0.25, 0.3) is 0 Å². The first kappa shape index (κ1) is 27.5. The Morgan fingerprint density at radius 1 is 1.07 bits per heavy atom. The molecule has 0 radical (unpaired) electrons. The molecule has 1 saturated carbocycles.